The van der Waals surface area contributed by atoms with E-state index < -0.39 is 5.60 Å². The molecule has 2 N–H and O–H groups in total. The van der Waals surface area contributed by atoms with Gasteiger partial charge < -0.3 is 10.4 Å². The van der Waals surface area contributed by atoms with Gasteiger partial charge in [-0.25, -0.2) is 0 Å². The van der Waals surface area contributed by atoms with Crippen LogP contribution in [0.15, 0.2) is 24.3 Å². The van der Waals surface area contributed by atoms with Crippen LogP contribution in [0.1, 0.15) is 57.6 Å². The predicted molar refractivity (Wildman–Crippen MR) is 84.8 cm³/mol. The molecule has 2 rings (SSSR count). The summed E-state index contributed by atoms with van der Waals surface area (Å²) in [6.45, 7) is 7.51. The predicted octanol–water partition coefficient (Wildman–Crippen LogP) is 3.62. The molecule has 1 aromatic carbocycles. The summed E-state index contributed by atoms with van der Waals surface area (Å²) < 4.78 is 0. The standard InChI is InChI=1S/C18H29NO/c1-14(2)11-15-7-6-8-16(12-15)18(3,20)13-17-9-4-5-10-19-17/h6-8,12,14,17,19-20H,4-5,9-11,13H2,1-3H3. The van der Waals surface area contributed by atoms with Crippen molar-refractivity contribution in [3.05, 3.63) is 35.4 Å². The van der Waals surface area contributed by atoms with Crippen LogP contribution in [0.5, 0.6) is 0 Å². The molecule has 1 aromatic rings. The lowest BCUT2D eigenvalue weighted by atomic mass is 9.85. The number of hydrogen-bond donors (Lipinski definition) is 2. The van der Waals surface area contributed by atoms with Gasteiger partial charge in [-0.1, -0.05) is 44.5 Å². The Hall–Kier alpha value is -0.860. The first-order valence-corrected chi connectivity index (χ1v) is 8.02. The van der Waals surface area contributed by atoms with Crippen molar-refractivity contribution in [3.63, 3.8) is 0 Å². The van der Waals surface area contributed by atoms with Crippen LogP contribution in [-0.2, 0) is 12.0 Å². The van der Waals surface area contributed by atoms with Crippen molar-refractivity contribution >= 4 is 0 Å². The van der Waals surface area contributed by atoms with E-state index in [1.807, 2.05) is 6.92 Å². The molecule has 0 amide bonds. The molecule has 0 aliphatic carbocycles. The molecule has 1 aliphatic heterocycles. The van der Waals surface area contributed by atoms with E-state index in [4.69, 9.17) is 0 Å². The molecule has 2 heteroatoms. The average molecular weight is 275 g/mol. The van der Waals surface area contributed by atoms with Crippen molar-refractivity contribution in [2.45, 2.75) is 64.5 Å². The van der Waals surface area contributed by atoms with Crippen LogP contribution in [0, 0.1) is 5.92 Å². The van der Waals surface area contributed by atoms with E-state index in [1.165, 1.54) is 24.8 Å². The fourth-order valence-corrected chi connectivity index (χ4v) is 3.20. The quantitative estimate of drug-likeness (QED) is 0.860. The van der Waals surface area contributed by atoms with Gasteiger partial charge in [-0.3, -0.25) is 0 Å². The second-order valence-electron chi connectivity index (χ2n) is 6.92. The van der Waals surface area contributed by atoms with E-state index in [9.17, 15) is 5.11 Å². The van der Waals surface area contributed by atoms with Crippen LogP contribution in [-0.4, -0.2) is 17.7 Å². The molecule has 2 atom stereocenters. The molecule has 112 valence electrons. The van der Waals surface area contributed by atoms with Crippen LogP contribution in [0.4, 0.5) is 0 Å². The topological polar surface area (TPSA) is 32.3 Å². The Morgan fingerprint density at radius 3 is 2.80 bits per heavy atom. The smallest absolute Gasteiger partial charge is 0.0883 e. The Morgan fingerprint density at radius 1 is 1.35 bits per heavy atom. The summed E-state index contributed by atoms with van der Waals surface area (Å²) in [6, 6.07) is 8.94. The van der Waals surface area contributed by atoms with Crippen LogP contribution < -0.4 is 5.32 Å². The lowest BCUT2D eigenvalue weighted by Crippen LogP contribution is -2.39. The van der Waals surface area contributed by atoms with Crippen molar-refractivity contribution in [2.75, 3.05) is 6.54 Å². The molecule has 2 nitrogen and oxygen atoms in total. The van der Waals surface area contributed by atoms with Crippen molar-refractivity contribution in [2.24, 2.45) is 5.92 Å². The highest BCUT2D eigenvalue weighted by atomic mass is 16.3. The summed E-state index contributed by atoms with van der Waals surface area (Å²) in [5.74, 6) is 0.648. The maximum Gasteiger partial charge on any atom is 0.0883 e. The Kier molecular flexibility index (Phi) is 5.22. The van der Waals surface area contributed by atoms with Gasteiger partial charge in [0.2, 0.25) is 0 Å². The molecular weight excluding hydrogens is 246 g/mol. The first-order chi connectivity index (χ1) is 9.47. The summed E-state index contributed by atoms with van der Waals surface area (Å²) >= 11 is 0. The van der Waals surface area contributed by atoms with E-state index in [2.05, 4.69) is 43.4 Å². The van der Waals surface area contributed by atoms with Gasteiger partial charge in [0.25, 0.3) is 0 Å². The van der Waals surface area contributed by atoms with E-state index in [0.29, 0.717) is 12.0 Å². The lowest BCUT2D eigenvalue weighted by molar-refractivity contribution is 0.0331. The van der Waals surface area contributed by atoms with Gasteiger partial charge in [-0.2, -0.15) is 0 Å². The van der Waals surface area contributed by atoms with Crippen LogP contribution in [0.25, 0.3) is 0 Å². The van der Waals surface area contributed by atoms with Crippen molar-refractivity contribution < 1.29 is 5.11 Å². The highest BCUT2D eigenvalue weighted by molar-refractivity contribution is 5.28. The third-order valence-corrected chi connectivity index (χ3v) is 4.25. The minimum atomic E-state index is -0.734. The van der Waals surface area contributed by atoms with E-state index in [-0.39, 0.29) is 0 Å². The third kappa shape index (κ3) is 4.32. The molecule has 1 fully saturated rings. The molecule has 1 aliphatic rings. The zero-order valence-corrected chi connectivity index (χ0v) is 13.2. The zero-order chi connectivity index (χ0) is 14.6. The summed E-state index contributed by atoms with van der Waals surface area (Å²) in [6.07, 6.45) is 5.61. The molecule has 0 bridgehead atoms. The normalized spacial score (nSPS) is 22.8. The molecule has 0 saturated carbocycles. The highest BCUT2D eigenvalue weighted by Crippen LogP contribution is 2.29. The maximum absolute atomic E-state index is 10.9. The second kappa shape index (κ2) is 6.73. The van der Waals surface area contributed by atoms with E-state index in [0.717, 1.165) is 24.9 Å². The highest BCUT2D eigenvalue weighted by Gasteiger charge is 2.28. The first kappa shape index (κ1) is 15.5. The molecule has 1 heterocycles. The largest absolute Gasteiger partial charge is 0.385 e. The SMILES string of the molecule is CC(C)Cc1cccc(C(C)(O)CC2CCCCN2)c1. The maximum atomic E-state index is 10.9. The Labute approximate surface area is 123 Å². The molecule has 2 unspecified atom stereocenters. The van der Waals surface area contributed by atoms with Gasteiger partial charge in [-0.05, 0) is 56.2 Å². The van der Waals surface area contributed by atoms with Crippen LogP contribution in [0.2, 0.25) is 0 Å². The third-order valence-electron chi connectivity index (χ3n) is 4.25. The zero-order valence-electron chi connectivity index (χ0n) is 13.2. The molecule has 0 radical (unpaired) electrons. The number of benzene rings is 1. The van der Waals surface area contributed by atoms with Crippen molar-refractivity contribution in [1.29, 1.82) is 0 Å². The number of aliphatic hydroxyl groups is 1. The van der Waals surface area contributed by atoms with Crippen LogP contribution in [0.3, 0.4) is 0 Å². The average Bonchev–Trinajstić information content (AvgIpc) is 2.39. The number of hydrogen-bond acceptors (Lipinski definition) is 2. The van der Waals surface area contributed by atoms with Crippen molar-refractivity contribution in [3.8, 4) is 0 Å². The number of rotatable bonds is 5. The molecule has 1 saturated heterocycles. The molecule has 0 spiro atoms. The Balaban J connectivity index is 2.07. The molecular formula is C18H29NO. The van der Waals surface area contributed by atoms with Crippen LogP contribution >= 0.6 is 0 Å². The summed E-state index contributed by atoms with van der Waals surface area (Å²) in [5, 5.41) is 14.4. The van der Waals surface area contributed by atoms with Crippen molar-refractivity contribution in [1.82, 2.24) is 5.32 Å². The minimum absolute atomic E-state index is 0.451. The van der Waals surface area contributed by atoms with Gasteiger partial charge in [0.15, 0.2) is 0 Å². The van der Waals surface area contributed by atoms with Gasteiger partial charge in [0, 0.05) is 6.04 Å². The summed E-state index contributed by atoms with van der Waals surface area (Å²) in [4.78, 5) is 0. The first-order valence-electron chi connectivity index (χ1n) is 8.02. The van der Waals surface area contributed by atoms with Gasteiger partial charge in [0.1, 0.15) is 0 Å². The van der Waals surface area contributed by atoms with E-state index >= 15 is 0 Å². The second-order valence-corrected chi connectivity index (χ2v) is 6.92. The molecule has 0 aromatic heterocycles. The monoisotopic (exact) mass is 275 g/mol. The number of nitrogens with one attached hydrogen (secondary N) is 1. The fourth-order valence-electron chi connectivity index (χ4n) is 3.20. The Morgan fingerprint density at radius 2 is 2.15 bits per heavy atom. The summed E-state index contributed by atoms with van der Waals surface area (Å²) in [7, 11) is 0. The lowest BCUT2D eigenvalue weighted by Gasteiger charge is -2.32. The Bertz CT molecular complexity index is 419. The fraction of sp³-hybridized carbons (Fsp3) is 0.667. The van der Waals surface area contributed by atoms with Gasteiger partial charge in [0.05, 0.1) is 5.60 Å². The van der Waals surface area contributed by atoms with E-state index in [1.54, 1.807) is 0 Å². The summed E-state index contributed by atoms with van der Waals surface area (Å²) in [5.41, 5.74) is 1.65. The number of piperidine rings is 1. The molecule has 20 heavy (non-hydrogen) atoms. The van der Waals surface area contributed by atoms with Gasteiger partial charge >= 0.3 is 0 Å². The minimum Gasteiger partial charge on any atom is -0.385 e. The van der Waals surface area contributed by atoms with Gasteiger partial charge in [-0.15, -0.1) is 0 Å².